The average molecular weight is 277 g/mol. The molecule has 0 bridgehead atoms. The van der Waals surface area contributed by atoms with Crippen LogP contribution in [0.25, 0.3) is 0 Å². The lowest BCUT2D eigenvalue weighted by atomic mass is 10.1. The van der Waals surface area contributed by atoms with Gasteiger partial charge in [0.25, 0.3) is 0 Å². The average Bonchev–Trinajstić information content (AvgIpc) is 2.92. The number of carbonyl (C=O) groups excluding carboxylic acids is 1. The topological polar surface area (TPSA) is 58.4 Å². The summed E-state index contributed by atoms with van der Waals surface area (Å²) in [6.07, 6.45) is 1.45. The Labute approximate surface area is 116 Å². The molecule has 1 aromatic heterocycles. The fraction of sp³-hybridized carbons (Fsp3) is 0.286. The zero-order chi connectivity index (χ0) is 14.5. The number of hydrogen-bond acceptors (Lipinski definition) is 4. The number of aromatic nitrogens is 1. The Kier molecular flexibility index (Phi) is 4.47. The number of rotatable bonds is 5. The van der Waals surface area contributed by atoms with Crippen molar-refractivity contribution in [3.63, 3.8) is 0 Å². The third kappa shape index (κ3) is 3.42. The molecule has 20 heavy (non-hydrogen) atoms. The van der Waals surface area contributed by atoms with Gasteiger partial charge in [0.2, 0.25) is 5.91 Å². The van der Waals surface area contributed by atoms with Gasteiger partial charge in [0.05, 0.1) is 6.54 Å². The number of nitrogens with one attached hydrogen (secondary N) is 1. The van der Waals surface area contributed by atoms with Gasteiger partial charge in [0, 0.05) is 6.07 Å². The Balaban J connectivity index is 2.08. The lowest BCUT2D eigenvalue weighted by Gasteiger charge is -2.23. The van der Waals surface area contributed by atoms with Crippen molar-refractivity contribution in [3.8, 4) is 0 Å². The highest BCUT2D eigenvalue weighted by atomic mass is 19.1. The van der Waals surface area contributed by atoms with Crippen molar-refractivity contribution in [3.05, 3.63) is 53.7 Å². The Bertz CT molecular complexity index is 552. The molecule has 1 unspecified atom stereocenters. The molecule has 0 saturated carbocycles. The Morgan fingerprint density at radius 2 is 2.05 bits per heavy atom. The third-order valence-electron chi connectivity index (χ3n) is 2.89. The first kappa shape index (κ1) is 14.2. The molecule has 0 fully saturated rings. The second-order valence-electron chi connectivity index (χ2n) is 4.63. The van der Waals surface area contributed by atoms with Crippen molar-refractivity contribution in [1.29, 1.82) is 0 Å². The fourth-order valence-corrected chi connectivity index (χ4v) is 1.93. The molecule has 0 aliphatic rings. The van der Waals surface area contributed by atoms with Crippen LogP contribution in [-0.2, 0) is 11.3 Å². The zero-order valence-electron chi connectivity index (χ0n) is 11.3. The van der Waals surface area contributed by atoms with E-state index in [-0.39, 0.29) is 11.7 Å². The van der Waals surface area contributed by atoms with Crippen molar-refractivity contribution in [1.82, 2.24) is 15.4 Å². The predicted molar refractivity (Wildman–Crippen MR) is 71.2 cm³/mol. The van der Waals surface area contributed by atoms with E-state index >= 15 is 0 Å². The van der Waals surface area contributed by atoms with Crippen LogP contribution in [0.4, 0.5) is 4.39 Å². The van der Waals surface area contributed by atoms with E-state index in [9.17, 15) is 9.18 Å². The maximum absolute atomic E-state index is 13.0. The van der Waals surface area contributed by atoms with E-state index in [0.717, 1.165) is 5.56 Å². The summed E-state index contributed by atoms with van der Waals surface area (Å²) in [5.74, 6) is -0.501. The smallest absolute Gasteiger partial charge is 0.242 e. The zero-order valence-corrected chi connectivity index (χ0v) is 11.3. The minimum atomic E-state index is -0.484. The maximum atomic E-state index is 13.0. The standard InChI is InChI=1S/C14H16FN3O2/c1-18(2)13(10-3-5-11(15)6-4-10)14(19)16-9-12-7-8-20-17-12/h3-8,13H,9H2,1-2H3,(H,16,19). The summed E-state index contributed by atoms with van der Waals surface area (Å²) in [6, 6.07) is 7.10. The van der Waals surface area contributed by atoms with Gasteiger partial charge in [-0.3, -0.25) is 9.69 Å². The van der Waals surface area contributed by atoms with E-state index in [0.29, 0.717) is 12.2 Å². The van der Waals surface area contributed by atoms with Gasteiger partial charge in [0.1, 0.15) is 23.8 Å². The molecule has 6 heteroatoms. The van der Waals surface area contributed by atoms with Crippen LogP contribution in [0.1, 0.15) is 17.3 Å². The molecule has 0 aliphatic heterocycles. The number of carbonyl (C=O) groups is 1. The first-order valence-corrected chi connectivity index (χ1v) is 6.17. The largest absolute Gasteiger partial charge is 0.364 e. The number of likely N-dealkylation sites (N-methyl/N-ethyl adjacent to an activating group) is 1. The molecule has 1 amide bonds. The highest BCUT2D eigenvalue weighted by Gasteiger charge is 2.22. The minimum Gasteiger partial charge on any atom is -0.364 e. The minimum absolute atomic E-state index is 0.176. The Hall–Kier alpha value is -2.21. The van der Waals surface area contributed by atoms with Crippen molar-refractivity contribution in [2.24, 2.45) is 0 Å². The van der Waals surface area contributed by atoms with Crippen molar-refractivity contribution < 1.29 is 13.7 Å². The monoisotopic (exact) mass is 277 g/mol. The van der Waals surface area contributed by atoms with Crippen LogP contribution in [0.3, 0.4) is 0 Å². The maximum Gasteiger partial charge on any atom is 0.242 e. The molecule has 2 aromatic rings. The quantitative estimate of drug-likeness (QED) is 0.904. The number of nitrogens with zero attached hydrogens (tertiary/aromatic N) is 2. The molecule has 2 rings (SSSR count). The van der Waals surface area contributed by atoms with E-state index in [1.807, 2.05) is 0 Å². The predicted octanol–water partition coefficient (Wildman–Crippen LogP) is 1.73. The molecule has 1 N–H and O–H groups in total. The molecule has 0 aliphatic carbocycles. The normalized spacial score (nSPS) is 12.4. The summed E-state index contributed by atoms with van der Waals surface area (Å²) in [7, 11) is 3.59. The first-order chi connectivity index (χ1) is 9.58. The van der Waals surface area contributed by atoms with E-state index in [1.165, 1.54) is 18.4 Å². The van der Waals surface area contributed by atoms with Gasteiger partial charge in [0.15, 0.2) is 0 Å². The SMILES string of the molecule is CN(C)C(C(=O)NCc1ccon1)c1ccc(F)cc1. The number of benzene rings is 1. The van der Waals surface area contributed by atoms with Crippen molar-refractivity contribution >= 4 is 5.91 Å². The summed E-state index contributed by atoms with van der Waals surface area (Å²) < 4.78 is 17.7. The number of amides is 1. The molecule has 0 saturated heterocycles. The summed E-state index contributed by atoms with van der Waals surface area (Å²) in [6.45, 7) is 0.293. The van der Waals surface area contributed by atoms with Crippen LogP contribution in [0.2, 0.25) is 0 Å². The second kappa shape index (κ2) is 6.29. The van der Waals surface area contributed by atoms with E-state index in [4.69, 9.17) is 4.52 Å². The summed E-state index contributed by atoms with van der Waals surface area (Å²) >= 11 is 0. The van der Waals surface area contributed by atoms with Crippen molar-refractivity contribution in [2.45, 2.75) is 12.6 Å². The van der Waals surface area contributed by atoms with E-state index < -0.39 is 6.04 Å². The van der Waals surface area contributed by atoms with Crippen LogP contribution in [0.15, 0.2) is 41.1 Å². The summed E-state index contributed by atoms with van der Waals surface area (Å²) in [5, 5.41) is 6.51. The van der Waals surface area contributed by atoms with Crippen LogP contribution in [-0.4, -0.2) is 30.1 Å². The molecule has 0 spiro atoms. The molecule has 1 atom stereocenters. The van der Waals surface area contributed by atoms with Gasteiger partial charge < -0.3 is 9.84 Å². The molecule has 106 valence electrons. The molecule has 5 nitrogen and oxygen atoms in total. The number of hydrogen-bond donors (Lipinski definition) is 1. The van der Waals surface area contributed by atoms with Crippen molar-refractivity contribution in [2.75, 3.05) is 14.1 Å². The molecule has 0 radical (unpaired) electrons. The highest BCUT2D eigenvalue weighted by Crippen LogP contribution is 2.19. The Morgan fingerprint density at radius 3 is 2.60 bits per heavy atom. The van der Waals surface area contributed by atoms with Gasteiger partial charge in [-0.1, -0.05) is 17.3 Å². The molecule has 1 heterocycles. The third-order valence-corrected chi connectivity index (χ3v) is 2.89. The van der Waals surface area contributed by atoms with Crippen LogP contribution in [0.5, 0.6) is 0 Å². The summed E-state index contributed by atoms with van der Waals surface area (Å²) in [4.78, 5) is 14.0. The summed E-state index contributed by atoms with van der Waals surface area (Å²) in [5.41, 5.74) is 1.38. The fourth-order valence-electron chi connectivity index (χ4n) is 1.93. The van der Waals surface area contributed by atoms with Gasteiger partial charge in [-0.2, -0.15) is 0 Å². The van der Waals surface area contributed by atoms with Gasteiger partial charge in [-0.05, 0) is 31.8 Å². The van der Waals surface area contributed by atoms with Gasteiger partial charge >= 0.3 is 0 Å². The van der Waals surface area contributed by atoms with E-state index in [2.05, 4.69) is 10.5 Å². The lowest BCUT2D eigenvalue weighted by molar-refractivity contribution is -0.126. The number of halogens is 1. The Morgan fingerprint density at radius 1 is 1.35 bits per heavy atom. The highest BCUT2D eigenvalue weighted by molar-refractivity contribution is 5.83. The van der Waals surface area contributed by atoms with E-state index in [1.54, 1.807) is 37.2 Å². The first-order valence-electron chi connectivity index (χ1n) is 6.17. The van der Waals surface area contributed by atoms with Gasteiger partial charge in [-0.25, -0.2) is 4.39 Å². The molecular weight excluding hydrogens is 261 g/mol. The molecule has 1 aromatic carbocycles. The second-order valence-corrected chi connectivity index (χ2v) is 4.63. The lowest BCUT2D eigenvalue weighted by Crippen LogP contribution is -2.36. The van der Waals surface area contributed by atoms with Crippen LogP contribution < -0.4 is 5.32 Å². The molecular formula is C14H16FN3O2. The van der Waals surface area contributed by atoms with Crippen LogP contribution in [0, 0.1) is 5.82 Å². The van der Waals surface area contributed by atoms with Crippen LogP contribution >= 0.6 is 0 Å². The van der Waals surface area contributed by atoms with Gasteiger partial charge in [-0.15, -0.1) is 0 Å².